The van der Waals surface area contributed by atoms with Gasteiger partial charge in [-0.3, -0.25) is 4.79 Å². The van der Waals surface area contributed by atoms with Gasteiger partial charge in [0.25, 0.3) is 0 Å². The van der Waals surface area contributed by atoms with Crippen molar-refractivity contribution in [2.75, 3.05) is 0 Å². The monoisotopic (exact) mass is 216 g/mol. The second-order valence-electron chi connectivity index (χ2n) is 4.06. The highest BCUT2D eigenvalue weighted by Crippen LogP contribution is 2.21. The zero-order valence-corrected chi connectivity index (χ0v) is 10.2. The summed E-state index contributed by atoms with van der Waals surface area (Å²) in [5.41, 5.74) is 0. The molecule has 1 unspecified atom stereocenters. The molecule has 0 rings (SSSR count). The Kier molecular flexibility index (Phi) is 7.39. The summed E-state index contributed by atoms with van der Waals surface area (Å²) >= 11 is 0. The number of carbonyl (C=O) groups excluding carboxylic acids is 1. The number of rotatable bonds is 8. The molecule has 0 aliphatic rings. The van der Waals surface area contributed by atoms with Crippen LogP contribution in [-0.4, -0.2) is 16.9 Å². The van der Waals surface area contributed by atoms with Gasteiger partial charge in [-0.2, -0.15) is 0 Å². The third-order valence-electron chi connectivity index (χ3n) is 2.56. The van der Waals surface area contributed by atoms with Crippen molar-refractivity contribution in [1.82, 2.24) is 0 Å². The van der Waals surface area contributed by atoms with Gasteiger partial charge in [0.15, 0.2) is 0 Å². The van der Waals surface area contributed by atoms with Crippen molar-refractivity contribution in [2.24, 2.45) is 0 Å². The molecule has 0 radical (unpaired) electrons. The fourth-order valence-corrected chi connectivity index (χ4v) is 1.57. The molecule has 0 aliphatic carbocycles. The lowest BCUT2D eigenvalue weighted by atomic mass is 10.0. The van der Waals surface area contributed by atoms with Crippen molar-refractivity contribution in [3.05, 3.63) is 0 Å². The average molecular weight is 216 g/mol. The molecule has 0 fully saturated rings. The number of aliphatic hydroxyl groups is 1. The fraction of sp³-hybridized carbons (Fsp3) is 0.917. The average Bonchev–Trinajstić information content (AvgIpc) is 2.16. The van der Waals surface area contributed by atoms with E-state index in [4.69, 9.17) is 4.74 Å². The van der Waals surface area contributed by atoms with Gasteiger partial charge in [0.1, 0.15) is 0 Å². The number of unbranched alkanes of at least 4 members (excludes halogenated alkanes) is 4. The molecule has 0 aliphatic heterocycles. The number of carbonyl (C=O) groups is 1. The summed E-state index contributed by atoms with van der Waals surface area (Å²) < 4.78 is 4.91. The molecule has 0 bridgehead atoms. The maximum Gasteiger partial charge on any atom is 0.305 e. The van der Waals surface area contributed by atoms with Crippen LogP contribution in [-0.2, 0) is 9.53 Å². The molecule has 0 saturated heterocycles. The highest BCUT2D eigenvalue weighted by atomic mass is 16.7. The topological polar surface area (TPSA) is 46.5 Å². The Morgan fingerprint density at radius 3 is 2.27 bits per heavy atom. The largest absolute Gasteiger partial charge is 0.433 e. The Hall–Kier alpha value is -0.570. The van der Waals surface area contributed by atoms with Gasteiger partial charge in [0.2, 0.25) is 5.79 Å². The number of hydrogen-bond acceptors (Lipinski definition) is 3. The Balaban J connectivity index is 3.73. The second kappa shape index (κ2) is 7.69. The molecule has 0 aromatic heterocycles. The van der Waals surface area contributed by atoms with Crippen molar-refractivity contribution in [1.29, 1.82) is 0 Å². The Morgan fingerprint density at radius 1 is 1.20 bits per heavy atom. The van der Waals surface area contributed by atoms with Gasteiger partial charge in [-0.15, -0.1) is 0 Å². The van der Waals surface area contributed by atoms with Crippen LogP contribution in [0.1, 0.15) is 65.7 Å². The minimum atomic E-state index is -1.24. The first-order valence-corrected chi connectivity index (χ1v) is 5.96. The van der Waals surface area contributed by atoms with Gasteiger partial charge in [0.05, 0.1) is 0 Å². The number of hydrogen-bond donors (Lipinski definition) is 1. The third-order valence-corrected chi connectivity index (χ3v) is 2.56. The van der Waals surface area contributed by atoms with Crippen molar-refractivity contribution in [3.63, 3.8) is 0 Å². The molecule has 0 aromatic rings. The van der Waals surface area contributed by atoms with Crippen LogP contribution in [0, 0.1) is 0 Å². The standard InChI is InChI=1S/C12H24O3/c1-4-6-7-8-9-10-12(14,5-2)15-11(3)13/h14H,4-10H2,1-3H3. The van der Waals surface area contributed by atoms with Gasteiger partial charge in [-0.05, 0) is 6.42 Å². The van der Waals surface area contributed by atoms with Crippen molar-refractivity contribution < 1.29 is 14.6 Å². The zero-order valence-electron chi connectivity index (χ0n) is 10.2. The first-order valence-electron chi connectivity index (χ1n) is 5.96. The molecule has 15 heavy (non-hydrogen) atoms. The van der Waals surface area contributed by atoms with E-state index in [0.29, 0.717) is 12.8 Å². The lowest BCUT2D eigenvalue weighted by Crippen LogP contribution is -2.33. The van der Waals surface area contributed by atoms with E-state index in [9.17, 15) is 9.90 Å². The van der Waals surface area contributed by atoms with Crippen LogP contribution in [0.15, 0.2) is 0 Å². The lowest BCUT2D eigenvalue weighted by molar-refractivity contribution is -0.211. The molecular formula is C12H24O3. The van der Waals surface area contributed by atoms with Crippen LogP contribution in [0.2, 0.25) is 0 Å². The molecule has 0 aromatic carbocycles. The fourth-order valence-electron chi connectivity index (χ4n) is 1.57. The lowest BCUT2D eigenvalue weighted by Gasteiger charge is -2.25. The van der Waals surface area contributed by atoms with E-state index in [0.717, 1.165) is 12.8 Å². The van der Waals surface area contributed by atoms with Crippen LogP contribution in [0.4, 0.5) is 0 Å². The van der Waals surface area contributed by atoms with E-state index in [1.54, 1.807) is 0 Å². The molecule has 1 atom stereocenters. The molecule has 0 spiro atoms. The minimum absolute atomic E-state index is 0.409. The maximum atomic E-state index is 10.8. The highest BCUT2D eigenvalue weighted by Gasteiger charge is 2.27. The summed E-state index contributed by atoms with van der Waals surface area (Å²) in [5, 5.41) is 9.90. The van der Waals surface area contributed by atoms with Crippen LogP contribution in [0.5, 0.6) is 0 Å². The summed E-state index contributed by atoms with van der Waals surface area (Å²) in [6.45, 7) is 5.33. The third kappa shape index (κ3) is 7.37. The molecule has 0 amide bonds. The first-order chi connectivity index (χ1) is 7.04. The van der Waals surface area contributed by atoms with E-state index in [-0.39, 0.29) is 0 Å². The Labute approximate surface area is 92.8 Å². The van der Waals surface area contributed by atoms with Crippen LogP contribution < -0.4 is 0 Å². The second-order valence-corrected chi connectivity index (χ2v) is 4.06. The highest BCUT2D eigenvalue weighted by molar-refractivity contribution is 5.66. The van der Waals surface area contributed by atoms with Crippen LogP contribution in [0.25, 0.3) is 0 Å². The maximum absolute atomic E-state index is 10.8. The SMILES string of the molecule is CCCCCCCC(O)(CC)OC(C)=O. The normalized spacial score (nSPS) is 14.7. The van der Waals surface area contributed by atoms with Gasteiger partial charge in [0, 0.05) is 19.8 Å². The summed E-state index contributed by atoms with van der Waals surface area (Å²) in [5.74, 6) is -1.65. The molecule has 0 heterocycles. The van der Waals surface area contributed by atoms with Crippen molar-refractivity contribution in [3.8, 4) is 0 Å². The molecule has 1 N–H and O–H groups in total. The van der Waals surface area contributed by atoms with E-state index < -0.39 is 11.8 Å². The molecule has 3 heteroatoms. The predicted molar refractivity (Wildman–Crippen MR) is 60.4 cm³/mol. The van der Waals surface area contributed by atoms with E-state index >= 15 is 0 Å². The number of esters is 1. The Bertz CT molecular complexity index is 180. The van der Waals surface area contributed by atoms with E-state index in [1.807, 2.05) is 6.92 Å². The van der Waals surface area contributed by atoms with Crippen LogP contribution >= 0.6 is 0 Å². The molecule has 0 saturated carbocycles. The molecule has 3 nitrogen and oxygen atoms in total. The van der Waals surface area contributed by atoms with Gasteiger partial charge in [-0.25, -0.2) is 0 Å². The summed E-state index contributed by atoms with van der Waals surface area (Å²) in [4.78, 5) is 10.8. The zero-order chi connectivity index (χ0) is 11.7. The minimum Gasteiger partial charge on any atom is -0.433 e. The quantitative estimate of drug-likeness (QED) is 0.385. The summed E-state index contributed by atoms with van der Waals surface area (Å²) in [7, 11) is 0. The smallest absolute Gasteiger partial charge is 0.305 e. The van der Waals surface area contributed by atoms with E-state index in [2.05, 4.69) is 6.92 Å². The first kappa shape index (κ1) is 14.4. The Morgan fingerprint density at radius 2 is 1.80 bits per heavy atom. The van der Waals surface area contributed by atoms with Crippen LogP contribution in [0.3, 0.4) is 0 Å². The van der Waals surface area contributed by atoms with Gasteiger partial charge >= 0.3 is 5.97 Å². The summed E-state index contributed by atoms with van der Waals surface area (Å²) in [6.07, 6.45) is 6.65. The predicted octanol–water partition coefficient (Wildman–Crippen LogP) is 3.01. The van der Waals surface area contributed by atoms with Crippen molar-refractivity contribution >= 4 is 5.97 Å². The van der Waals surface area contributed by atoms with Gasteiger partial charge in [-0.1, -0.05) is 39.5 Å². The summed E-state index contributed by atoms with van der Waals surface area (Å²) in [6, 6.07) is 0. The van der Waals surface area contributed by atoms with Gasteiger partial charge < -0.3 is 9.84 Å². The molecule has 90 valence electrons. The van der Waals surface area contributed by atoms with Crippen molar-refractivity contribution in [2.45, 2.75) is 71.5 Å². The van der Waals surface area contributed by atoms with E-state index in [1.165, 1.54) is 26.2 Å². The molecular weight excluding hydrogens is 192 g/mol. The number of ether oxygens (including phenoxy) is 1.